The molecule has 28 heavy (non-hydrogen) atoms. The molecule has 6 heteroatoms. The standard InChI is InChI=1S/C22H25N3O2S/c1-22(2,3)27-21(26)24-13-11-17-18(12-14-24)23-25(16-8-5-4-6-9-16)20(17)19-10-7-15-28-19/h4-10,15H,11-14H2,1-3H3. The molecule has 0 atom stereocenters. The molecule has 1 aliphatic heterocycles. The van der Waals surface area contributed by atoms with Gasteiger partial charge in [0.2, 0.25) is 0 Å². The molecule has 0 unspecified atom stereocenters. The molecule has 0 bridgehead atoms. The van der Waals surface area contributed by atoms with E-state index in [0.29, 0.717) is 13.1 Å². The molecule has 146 valence electrons. The smallest absolute Gasteiger partial charge is 0.410 e. The molecule has 0 saturated carbocycles. The predicted octanol–water partition coefficient (Wildman–Crippen LogP) is 4.94. The molecule has 2 aromatic heterocycles. The average molecular weight is 396 g/mol. The highest BCUT2D eigenvalue weighted by molar-refractivity contribution is 7.13. The van der Waals surface area contributed by atoms with Crippen LogP contribution < -0.4 is 0 Å². The first-order valence-corrected chi connectivity index (χ1v) is 10.5. The third kappa shape index (κ3) is 3.83. The molecule has 3 heterocycles. The van der Waals surface area contributed by atoms with E-state index in [0.717, 1.165) is 29.9 Å². The van der Waals surface area contributed by atoms with Crippen LogP contribution in [0.15, 0.2) is 47.8 Å². The number of benzene rings is 1. The summed E-state index contributed by atoms with van der Waals surface area (Å²) < 4.78 is 7.62. The van der Waals surface area contributed by atoms with Gasteiger partial charge in [0.1, 0.15) is 5.60 Å². The summed E-state index contributed by atoms with van der Waals surface area (Å²) in [6, 6.07) is 14.4. The van der Waals surface area contributed by atoms with Gasteiger partial charge in [-0.15, -0.1) is 11.3 Å². The fourth-order valence-electron chi connectivity index (χ4n) is 3.49. The summed E-state index contributed by atoms with van der Waals surface area (Å²) in [5.41, 5.74) is 4.02. The second kappa shape index (κ2) is 7.43. The van der Waals surface area contributed by atoms with Crippen molar-refractivity contribution in [2.24, 2.45) is 0 Å². The van der Waals surface area contributed by atoms with Gasteiger partial charge in [-0.05, 0) is 50.8 Å². The number of ether oxygens (including phenoxy) is 1. The third-order valence-electron chi connectivity index (χ3n) is 4.72. The van der Waals surface area contributed by atoms with Crippen molar-refractivity contribution < 1.29 is 9.53 Å². The number of hydrogen-bond donors (Lipinski definition) is 0. The molecule has 4 rings (SSSR count). The van der Waals surface area contributed by atoms with Crippen molar-refractivity contribution in [2.75, 3.05) is 13.1 Å². The predicted molar refractivity (Wildman–Crippen MR) is 112 cm³/mol. The van der Waals surface area contributed by atoms with Crippen molar-refractivity contribution >= 4 is 17.4 Å². The molecule has 1 amide bonds. The minimum atomic E-state index is -0.484. The van der Waals surface area contributed by atoms with Crippen LogP contribution >= 0.6 is 11.3 Å². The number of nitrogens with zero attached hydrogens (tertiary/aromatic N) is 3. The number of amides is 1. The van der Waals surface area contributed by atoms with Crippen LogP contribution in [-0.2, 0) is 17.6 Å². The zero-order valence-corrected chi connectivity index (χ0v) is 17.3. The van der Waals surface area contributed by atoms with E-state index in [-0.39, 0.29) is 6.09 Å². The number of thiophene rings is 1. The summed E-state index contributed by atoms with van der Waals surface area (Å²) in [6.07, 6.45) is 1.26. The van der Waals surface area contributed by atoms with Crippen molar-refractivity contribution in [1.82, 2.24) is 14.7 Å². The molecule has 0 aliphatic carbocycles. The Hall–Kier alpha value is -2.60. The lowest BCUT2D eigenvalue weighted by atomic mass is 10.1. The quantitative estimate of drug-likeness (QED) is 0.618. The average Bonchev–Trinajstić information content (AvgIpc) is 3.24. The van der Waals surface area contributed by atoms with Crippen LogP contribution in [0.1, 0.15) is 32.0 Å². The van der Waals surface area contributed by atoms with Crippen LogP contribution in [0.2, 0.25) is 0 Å². The van der Waals surface area contributed by atoms with Crippen molar-refractivity contribution in [1.29, 1.82) is 0 Å². The molecule has 0 N–H and O–H groups in total. The lowest BCUT2D eigenvalue weighted by molar-refractivity contribution is 0.0258. The molecule has 3 aromatic rings. The van der Waals surface area contributed by atoms with E-state index < -0.39 is 5.60 Å². The maximum Gasteiger partial charge on any atom is 0.410 e. The first-order valence-electron chi connectivity index (χ1n) is 9.60. The van der Waals surface area contributed by atoms with Crippen molar-refractivity contribution in [3.8, 4) is 16.3 Å². The number of carbonyl (C=O) groups is 1. The summed E-state index contributed by atoms with van der Waals surface area (Å²) >= 11 is 1.72. The summed E-state index contributed by atoms with van der Waals surface area (Å²) in [4.78, 5) is 15.5. The monoisotopic (exact) mass is 395 g/mol. The maximum absolute atomic E-state index is 12.5. The van der Waals surface area contributed by atoms with Gasteiger partial charge in [-0.2, -0.15) is 5.10 Å². The molecular formula is C22H25N3O2S. The highest BCUT2D eigenvalue weighted by Crippen LogP contribution is 2.34. The molecular weight excluding hydrogens is 370 g/mol. The SMILES string of the molecule is CC(C)(C)OC(=O)N1CCc2nn(-c3ccccc3)c(-c3cccs3)c2CC1. The fourth-order valence-corrected chi connectivity index (χ4v) is 4.27. The number of carbonyl (C=O) groups excluding carboxylic acids is 1. The Morgan fingerprint density at radius 1 is 1.07 bits per heavy atom. The molecule has 1 aliphatic rings. The van der Waals surface area contributed by atoms with E-state index >= 15 is 0 Å². The Bertz CT molecular complexity index is 956. The second-order valence-corrected chi connectivity index (χ2v) is 8.91. The Labute approximate surface area is 169 Å². The third-order valence-corrected chi connectivity index (χ3v) is 5.60. The largest absolute Gasteiger partial charge is 0.444 e. The van der Waals surface area contributed by atoms with Gasteiger partial charge in [0.15, 0.2) is 0 Å². The van der Waals surface area contributed by atoms with E-state index in [1.54, 1.807) is 16.2 Å². The highest BCUT2D eigenvalue weighted by atomic mass is 32.1. The first kappa shape index (κ1) is 18.7. The lowest BCUT2D eigenvalue weighted by Crippen LogP contribution is -2.38. The number of aromatic nitrogens is 2. The Morgan fingerprint density at radius 3 is 2.50 bits per heavy atom. The van der Waals surface area contributed by atoms with Crippen LogP contribution in [0.3, 0.4) is 0 Å². The van der Waals surface area contributed by atoms with Gasteiger partial charge >= 0.3 is 6.09 Å². The summed E-state index contributed by atoms with van der Waals surface area (Å²) in [7, 11) is 0. The van der Waals surface area contributed by atoms with E-state index in [9.17, 15) is 4.79 Å². The normalized spacial score (nSPS) is 14.5. The van der Waals surface area contributed by atoms with Crippen LogP contribution in [-0.4, -0.2) is 39.5 Å². The van der Waals surface area contributed by atoms with Crippen LogP contribution in [0.5, 0.6) is 0 Å². The zero-order chi connectivity index (χ0) is 19.7. The van der Waals surface area contributed by atoms with Crippen molar-refractivity contribution in [3.05, 3.63) is 59.1 Å². The Kier molecular flexibility index (Phi) is 4.98. The summed E-state index contributed by atoms with van der Waals surface area (Å²) in [5, 5.41) is 7.04. The van der Waals surface area contributed by atoms with Gasteiger partial charge in [0.25, 0.3) is 0 Å². The first-order chi connectivity index (χ1) is 13.4. The number of rotatable bonds is 2. The lowest BCUT2D eigenvalue weighted by Gasteiger charge is -2.26. The van der Waals surface area contributed by atoms with Gasteiger partial charge in [-0.3, -0.25) is 0 Å². The van der Waals surface area contributed by atoms with E-state index in [2.05, 4.69) is 34.3 Å². The van der Waals surface area contributed by atoms with Crippen LogP contribution in [0.4, 0.5) is 4.79 Å². The van der Waals surface area contributed by atoms with E-state index in [4.69, 9.17) is 9.84 Å². The van der Waals surface area contributed by atoms with Gasteiger partial charge < -0.3 is 9.64 Å². The minimum Gasteiger partial charge on any atom is -0.444 e. The number of hydrogen-bond acceptors (Lipinski definition) is 4. The summed E-state index contributed by atoms with van der Waals surface area (Å²) in [6.45, 7) is 6.96. The highest BCUT2D eigenvalue weighted by Gasteiger charge is 2.28. The van der Waals surface area contributed by atoms with Gasteiger partial charge in [0, 0.05) is 25.1 Å². The minimum absolute atomic E-state index is 0.244. The molecule has 0 saturated heterocycles. The molecule has 1 aromatic carbocycles. The molecule has 0 spiro atoms. The maximum atomic E-state index is 12.5. The van der Waals surface area contributed by atoms with Crippen molar-refractivity contribution in [3.63, 3.8) is 0 Å². The number of para-hydroxylation sites is 1. The van der Waals surface area contributed by atoms with Crippen molar-refractivity contribution in [2.45, 2.75) is 39.2 Å². The van der Waals surface area contributed by atoms with E-state index in [1.807, 2.05) is 39.0 Å². The van der Waals surface area contributed by atoms with Gasteiger partial charge in [-0.1, -0.05) is 24.3 Å². The Morgan fingerprint density at radius 2 is 1.82 bits per heavy atom. The van der Waals surface area contributed by atoms with E-state index in [1.165, 1.54) is 10.4 Å². The van der Waals surface area contributed by atoms with Crippen LogP contribution in [0.25, 0.3) is 16.3 Å². The Balaban J connectivity index is 1.68. The zero-order valence-electron chi connectivity index (χ0n) is 16.5. The molecule has 0 fully saturated rings. The van der Waals surface area contributed by atoms with Crippen LogP contribution in [0, 0.1) is 0 Å². The fraction of sp³-hybridized carbons (Fsp3) is 0.364. The van der Waals surface area contributed by atoms with Gasteiger partial charge in [0.05, 0.1) is 22.0 Å². The van der Waals surface area contributed by atoms with Gasteiger partial charge in [-0.25, -0.2) is 9.48 Å². The number of fused-ring (bicyclic) bond motifs is 1. The topological polar surface area (TPSA) is 47.4 Å². The second-order valence-electron chi connectivity index (χ2n) is 7.97. The molecule has 0 radical (unpaired) electrons. The summed E-state index contributed by atoms with van der Waals surface area (Å²) in [5.74, 6) is 0. The molecule has 5 nitrogen and oxygen atoms in total.